The Morgan fingerprint density at radius 3 is 1.40 bits per heavy atom. The molecule has 0 atom stereocenters. The Labute approximate surface area is 48.9 Å². The van der Waals surface area contributed by atoms with Crippen molar-refractivity contribution in [3.8, 4) is 0 Å². The summed E-state index contributed by atoms with van der Waals surface area (Å²) < 4.78 is 25.8. The van der Waals surface area contributed by atoms with Gasteiger partial charge >= 0.3 is 48.8 Å². The first-order valence-corrected chi connectivity index (χ1v) is 2.52. The molecule has 0 unspecified atom stereocenters. The van der Waals surface area contributed by atoms with E-state index in [9.17, 15) is 0 Å². The van der Waals surface area contributed by atoms with Gasteiger partial charge in [-0.05, 0) is 0 Å². The summed E-state index contributed by atoms with van der Waals surface area (Å²) in [4.78, 5) is 0. The van der Waals surface area contributed by atoms with Crippen LogP contribution >= 0.6 is 0 Å². The Balaban J connectivity index is 0. The van der Waals surface area contributed by atoms with Crippen LogP contribution in [0.5, 0.6) is 0 Å². The van der Waals surface area contributed by atoms with E-state index in [-0.39, 0.29) is 19.5 Å². The maximum atomic E-state index is 8.58. The van der Waals surface area contributed by atoms with Crippen LogP contribution in [-0.2, 0) is 41.4 Å². The molecule has 0 aliphatic rings. The van der Waals surface area contributed by atoms with Gasteiger partial charge in [0.1, 0.15) is 0 Å². The molecule has 5 heavy (non-hydrogen) atoms. The fraction of sp³-hybridized carbons (Fsp3) is 0. The zero-order valence-corrected chi connectivity index (χ0v) is 6.96. The van der Waals surface area contributed by atoms with Crippen LogP contribution in [0.2, 0.25) is 0 Å². The van der Waals surface area contributed by atoms with E-state index in [4.69, 9.17) is 10.7 Å². The van der Waals surface area contributed by atoms with Crippen molar-refractivity contribution < 1.29 is 48.8 Å². The number of hydrogen-bond acceptors (Lipinski definition) is 3. The van der Waals surface area contributed by atoms with Crippen molar-refractivity contribution in [1.82, 2.24) is 0 Å². The monoisotopic (exact) mass is 160 g/mol. The molecule has 0 radical (unpaired) electrons. The average Bonchev–Trinajstić information content (AvgIpc) is 0.811. The van der Waals surface area contributed by atoms with E-state index in [0.717, 1.165) is 0 Å². The molecule has 0 aromatic carbocycles. The normalized spacial score (nSPS) is 5.20. The van der Waals surface area contributed by atoms with Gasteiger partial charge in [0, 0.05) is 0 Å². The average molecular weight is 161 g/mol. The molecule has 0 aromatic heterocycles. The predicted octanol–water partition coefficient (Wildman–Crippen LogP) is -2.50. The largest absolute Gasteiger partial charge is 2.00 e. The third-order valence-electron chi connectivity index (χ3n) is 0. The molecule has 0 rings (SSSR count). The maximum absolute atomic E-state index is 8.58. The van der Waals surface area contributed by atoms with Crippen molar-refractivity contribution in [1.29, 1.82) is 0 Å². The molecule has 0 aliphatic heterocycles. The van der Waals surface area contributed by atoms with Gasteiger partial charge in [0.2, 0.25) is 0 Å². The summed E-state index contributed by atoms with van der Waals surface area (Å²) in [6, 6.07) is 0. The molecule has 0 fully saturated rings. The Kier molecular flexibility index (Phi) is 9.52. The quantitative estimate of drug-likeness (QED) is 0.369. The second-order valence-corrected chi connectivity index (χ2v) is 1.03. The molecule has 0 aliphatic carbocycles. The first-order chi connectivity index (χ1) is 1.73. The SMILES string of the molecule is [O]=[Ti]([O-])[O-].[Zn+2]. The van der Waals surface area contributed by atoms with Crippen LogP contribution in [-0.4, -0.2) is 0 Å². The molecule has 0 saturated heterocycles. The van der Waals surface area contributed by atoms with Gasteiger partial charge in [0.05, 0.1) is 0 Å². The minimum atomic E-state index is -4.08. The van der Waals surface area contributed by atoms with Gasteiger partial charge in [-0.15, -0.1) is 0 Å². The second-order valence-electron chi connectivity index (χ2n) is 0.250. The fourth-order valence-electron chi connectivity index (χ4n) is 0. The van der Waals surface area contributed by atoms with E-state index in [1.165, 1.54) is 0 Å². The van der Waals surface area contributed by atoms with Crippen molar-refractivity contribution in [2.45, 2.75) is 0 Å². The molecule has 0 saturated carbocycles. The van der Waals surface area contributed by atoms with Crippen molar-refractivity contribution in [2.24, 2.45) is 0 Å². The maximum Gasteiger partial charge on any atom is 2.00 e. The topological polar surface area (TPSA) is 63.2 Å². The van der Waals surface area contributed by atoms with Gasteiger partial charge in [0.15, 0.2) is 0 Å². The van der Waals surface area contributed by atoms with Gasteiger partial charge in [-0.3, -0.25) is 0 Å². The summed E-state index contributed by atoms with van der Waals surface area (Å²) in [5.74, 6) is 0. The Morgan fingerprint density at radius 1 is 1.40 bits per heavy atom. The number of rotatable bonds is 0. The van der Waals surface area contributed by atoms with Crippen LogP contribution in [0, 0.1) is 0 Å². The van der Waals surface area contributed by atoms with Crippen molar-refractivity contribution in [3.63, 3.8) is 0 Å². The predicted molar refractivity (Wildman–Crippen MR) is 0.686 cm³/mol. The van der Waals surface area contributed by atoms with E-state index in [2.05, 4.69) is 0 Å². The molecule has 5 heteroatoms. The molecule has 0 heterocycles. The molecule has 0 bridgehead atoms. The summed E-state index contributed by atoms with van der Waals surface area (Å²) in [6.07, 6.45) is 0. The summed E-state index contributed by atoms with van der Waals surface area (Å²) in [6.45, 7) is 0. The Hall–Kier alpha value is 1.06. The first-order valence-electron chi connectivity index (χ1n) is 0.612. The third-order valence-corrected chi connectivity index (χ3v) is 0. The Bertz CT molecular complexity index is 29.9. The minimum Gasteiger partial charge on any atom is 2.00 e. The van der Waals surface area contributed by atoms with Gasteiger partial charge in [0.25, 0.3) is 0 Å². The molecule has 0 amide bonds. The summed E-state index contributed by atoms with van der Waals surface area (Å²) in [7, 11) is 0. The smallest absolute Gasteiger partial charge is 2.00 e. The summed E-state index contributed by atoms with van der Waals surface area (Å²) in [5.41, 5.74) is 0. The standard InChI is InChI=1S/3O.Ti.Zn/q;2*-1;;+2. The van der Waals surface area contributed by atoms with E-state index < -0.39 is 18.6 Å². The van der Waals surface area contributed by atoms with Crippen molar-refractivity contribution >= 4 is 0 Å². The van der Waals surface area contributed by atoms with Crippen molar-refractivity contribution in [2.75, 3.05) is 0 Å². The van der Waals surface area contributed by atoms with Crippen LogP contribution in [0.15, 0.2) is 0 Å². The van der Waals surface area contributed by atoms with Crippen LogP contribution in [0.4, 0.5) is 0 Å². The summed E-state index contributed by atoms with van der Waals surface area (Å²) >= 11 is -4.08. The molecule has 0 spiro atoms. The van der Waals surface area contributed by atoms with Crippen LogP contribution in [0.25, 0.3) is 0 Å². The van der Waals surface area contributed by atoms with Crippen LogP contribution in [0.1, 0.15) is 0 Å². The van der Waals surface area contributed by atoms with Crippen LogP contribution < -0.4 is 7.38 Å². The third kappa shape index (κ3) is 42.3. The number of hydrogen-bond donors (Lipinski definition) is 0. The van der Waals surface area contributed by atoms with Crippen LogP contribution in [0.3, 0.4) is 0 Å². The first kappa shape index (κ1) is 9.41. The molecule has 3 nitrogen and oxygen atoms in total. The molecular formula is O3TiZn. The zero-order chi connectivity index (χ0) is 3.58. The van der Waals surface area contributed by atoms with Gasteiger partial charge in [-0.1, -0.05) is 0 Å². The minimum absolute atomic E-state index is 0. The van der Waals surface area contributed by atoms with Gasteiger partial charge in [-0.2, -0.15) is 0 Å². The molecule has 24 valence electrons. The molecule has 0 N–H and O–H groups in total. The molecule has 0 aromatic rings. The zero-order valence-electron chi connectivity index (χ0n) is 2.43. The van der Waals surface area contributed by atoms with Gasteiger partial charge in [-0.25, -0.2) is 0 Å². The summed E-state index contributed by atoms with van der Waals surface area (Å²) in [5, 5.41) is 0. The second kappa shape index (κ2) is 5.06. The van der Waals surface area contributed by atoms with E-state index in [1.54, 1.807) is 0 Å². The van der Waals surface area contributed by atoms with Gasteiger partial charge < -0.3 is 0 Å². The van der Waals surface area contributed by atoms with E-state index in [0.29, 0.717) is 0 Å². The Morgan fingerprint density at radius 2 is 1.40 bits per heavy atom. The van der Waals surface area contributed by atoms with E-state index >= 15 is 0 Å². The van der Waals surface area contributed by atoms with Crippen molar-refractivity contribution in [3.05, 3.63) is 0 Å². The molecular weight excluding hydrogens is 161 g/mol. The van der Waals surface area contributed by atoms with E-state index in [1.807, 2.05) is 0 Å². The fourth-order valence-corrected chi connectivity index (χ4v) is 0.